The Morgan fingerprint density at radius 1 is 1.18 bits per heavy atom. The van der Waals surface area contributed by atoms with Gasteiger partial charge >= 0.3 is 0 Å². The minimum Gasteiger partial charge on any atom is -0.0985 e. The molecule has 2 heteroatoms. The summed E-state index contributed by atoms with van der Waals surface area (Å²) in [6.07, 6.45) is 1.83. The van der Waals surface area contributed by atoms with Crippen LogP contribution in [0.3, 0.4) is 0 Å². The number of halogens is 2. The maximum Gasteiger partial charge on any atom is 0.0946 e. The van der Waals surface area contributed by atoms with Crippen LogP contribution in [0.5, 0.6) is 0 Å². The molecule has 0 amide bonds. The fraction of sp³-hybridized carbons (Fsp3) is 0.111. The van der Waals surface area contributed by atoms with E-state index in [0.717, 1.165) is 5.56 Å². The lowest BCUT2D eigenvalue weighted by Gasteiger charge is -2.00. The number of alkyl halides is 2. The minimum absolute atomic E-state index is 0.244. The first-order valence-electron chi connectivity index (χ1n) is 3.24. The van der Waals surface area contributed by atoms with E-state index in [4.69, 9.17) is 0 Å². The maximum absolute atomic E-state index is 3.68. The van der Waals surface area contributed by atoms with Crippen molar-refractivity contribution >= 4 is 37.9 Å². The van der Waals surface area contributed by atoms with E-state index in [1.54, 1.807) is 0 Å². The highest BCUT2D eigenvalue weighted by atomic mass is 79.9. The van der Waals surface area contributed by atoms with E-state index in [1.807, 2.05) is 18.2 Å². The fourth-order valence-electron chi connectivity index (χ4n) is 0.778. The Balaban J connectivity index is 2.91. The molecule has 11 heavy (non-hydrogen) atoms. The highest BCUT2D eigenvalue weighted by Gasteiger charge is 1.99. The summed E-state index contributed by atoms with van der Waals surface area (Å²) in [6.45, 7) is 3.68. The summed E-state index contributed by atoms with van der Waals surface area (Å²) >= 11 is 6.84. The smallest absolute Gasteiger partial charge is 0.0946 e. The molecule has 0 aliphatic heterocycles. The molecule has 0 aliphatic carbocycles. The predicted octanol–water partition coefficient (Wildman–Crippen LogP) is 4.12. The molecule has 0 fully saturated rings. The lowest BCUT2D eigenvalue weighted by molar-refractivity contribution is 1.42. The molecule has 0 saturated carbocycles. The van der Waals surface area contributed by atoms with Gasteiger partial charge in [0.2, 0.25) is 0 Å². The van der Waals surface area contributed by atoms with Crippen molar-refractivity contribution in [2.24, 2.45) is 0 Å². The zero-order valence-electron chi connectivity index (χ0n) is 5.93. The molecule has 0 unspecified atom stereocenters. The summed E-state index contributed by atoms with van der Waals surface area (Å²) in [6, 6.07) is 8.20. The van der Waals surface area contributed by atoms with E-state index in [9.17, 15) is 0 Å². The molecule has 0 nitrogen and oxygen atoms in total. The monoisotopic (exact) mass is 274 g/mol. The van der Waals surface area contributed by atoms with Crippen molar-refractivity contribution in [3.8, 4) is 0 Å². The van der Waals surface area contributed by atoms with Crippen molar-refractivity contribution < 1.29 is 0 Å². The van der Waals surface area contributed by atoms with E-state index in [2.05, 4.69) is 50.6 Å². The van der Waals surface area contributed by atoms with Gasteiger partial charge in [-0.05, 0) is 11.1 Å². The Labute approximate surface area is 83.6 Å². The van der Waals surface area contributed by atoms with Gasteiger partial charge in [-0.3, -0.25) is 0 Å². The van der Waals surface area contributed by atoms with Gasteiger partial charge in [0.05, 0.1) is 3.74 Å². The lowest BCUT2D eigenvalue weighted by atomic mass is 10.1. The molecule has 1 rings (SSSR count). The van der Waals surface area contributed by atoms with Crippen LogP contribution in [0.1, 0.15) is 14.9 Å². The maximum atomic E-state index is 3.68. The standard InChI is InChI=1S/C9H8Br2/c1-2-7-3-5-8(6-4-7)9(10)11/h2-6,9H,1H2. The molecule has 0 atom stereocenters. The molecule has 0 saturated heterocycles. The third-order valence-electron chi connectivity index (χ3n) is 1.42. The molecule has 0 spiro atoms. The molecule has 0 bridgehead atoms. The van der Waals surface area contributed by atoms with Crippen LogP contribution in [0.2, 0.25) is 0 Å². The molecule has 58 valence electrons. The number of hydrogen-bond donors (Lipinski definition) is 0. The van der Waals surface area contributed by atoms with Gasteiger partial charge in [0.1, 0.15) is 0 Å². The largest absolute Gasteiger partial charge is 0.0985 e. The molecule has 0 heterocycles. The lowest BCUT2D eigenvalue weighted by Crippen LogP contribution is -1.79. The van der Waals surface area contributed by atoms with Crippen LogP contribution in [0.25, 0.3) is 6.08 Å². The SMILES string of the molecule is C=Cc1ccc(C(Br)Br)cc1. The predicted molar refractivity (Wildman–Crippen MR) is 57.1 cm³/mol. The highest BCUT2D eigenvalue weighted by Crippen LogP contribution is 2.28. The van der Waals surface area contributed by atoms with Crippen LogP contribution in [0.4, 0.5) is 0 Å². The van der Waals surface area contributed by atoms with E-state index in [1.165, 1.54) is 5.56 Å². The summed E-state index contributed by atoms with van der Waals surface area (Å²) < 4.78 is 0.244. The normalized spacial score (nSPS) is 10.1. The molecule has 0 aliphatic rings. The summed E-state index contributed by atoms with van der Waals surface area (Å²) in [5.41, 5.74) is 2.37. The van der Waals surface area contributed by atoms with Crippen LogP contribution in [-0.2, 0) is 0 Å². The first-order chi connectivity index (χ1) is 5.24. The van der Waals surface area contributed by atoms with E-state index >= 15 is 0 Å². The van der Waals surface area contributed by atoms with Gasteiger partial charge in [0.25, 0.3) is 0 Å². The second-order valence-electron chi connectivity index (χ2n) is 2.17. The van der Waals surface area contributed by atoms with Crippen LogP contribution < -0.4 is 0 Å². The Hall–Kier alpha value is -0.0800. The molecule has 1 aromatic rings. The Morgan fingerprint density at radius 2 is 1.73 bits per heavy atom. The third-order valence-corrected chi connectivity index (χ3v) is 2.48. The third kappa shape index (κ3) is 2.46. The van der Waals surface area contributed by atoms with Gasteiger partial charge in [0, 0.05) is 0 Å². The van der Waals surface area contributed by atoms with Crippen LogP contribution >= 0.6 is 31.9 Å². The summed E-state index contributed by atoms with van der Waals surface area (Å²) in [5, 5.41) is 0. The minimum atomic E-state index is 0.244. The van der Waals surface area contributed by atoms with Gasteiger partial charge in [-0.15, -0.1) is 0 Å². The van der Waals surface area contributed by atoms with Crippen molar-refractivity contribution in [2.45, 2.75) is 3.74 Å². The number of rotatable bonds is 2. The Bertz CT molecular complexity index is 236. The van der Waals surface area contributed by atoms with Crippen LogP contribution in [-0.4, -0.2) is 0 Å². The summed E-state index contributed by atoms with van der Waals surface area (Å²) in [4.78, 5) is 0. The van der Waals surface area contributed by atoms with Crippen molar-refractivity contribution in [1.29, 1.82) is 0 Å². The van der Waals surface area contributed by atoms with Gasteiger partial charge in [-0.25, -0.2) is 0 Å². The van der Waals surface area contributed by atoms with E-state index < -0.39 is 0 Å². The van der Waals surface area contributed by atoms with Crippen molar-refractivity contribution in [1.82, 2.24) is 0 Å². The molecule has 1 aromatic carbocycles. The number of benzene rings is 1. The second-order valence-corrected chi connectivity index (χ2v) is 5.23. The van der Waals surface area contributed by atoms with Gasteiger partial charge in [0.15, 0.2) is 0 Å². The first-order valence-corrected chi connectivity index (χ1v) is 5.07. The zero-order valence-corrected chi connectivity index (χ0v) is 9.10. The van der Waals surface area contributed by atoms with Gasteiger partial charge in [-0.1, -0.05) is 68.8 Å². The van der Waals surface area contributed by atoms with Crippen LogP contribution in [0.15, 0.2) is 30.8 Å². The van der Waals surface area contributed by atoms with Gasteiger partial charge < -0.3 is 0 Å². The van der Waals surface area contributed by atoms with Crippen molar-refractivity contribution in [2.75, 3.05) is 0 Å². The van der Waals surface area contributed by atoms with Gasteiger partial charge in [-0.2, -0.15) is 0 Å². The van der Waals surface area contributed by atoms with E-state index in [-0.39, 0.29) is 3.74 Å². The quantitative estimate of drug-likeness (QED) is 0.713. The van der Waals surface area contributed by atoms with Crippen LogP contribution in [0, 0.1) is 0 Å². The topological polar surface area (TPSA) is 0 Å². The molecule has 0 N–H and O–H groups in total. The average molecular weight is 276 g/mol. The fourth-order valence-corrected chi connectivity index (χ4v) is 1.39. The molecule has 0 aromatic heterocycles. The van der Waals surface area contributed by atoms with Crippen molar-refractivity contribution in [3.05, 3.63) is 42.0 Å². The highest BCUT2D eigenvalue weighted by molar-refractivity contribution is 9.24. The molecular formula is C9H8Br2. The zero-order chi connectivity index (χ0) is 8.27. The Kier molecular flexibility index (Phi) is 3.34. The number of hydrogen-bond acceptors (Lipinski definition) is 0. The summed E-state index contributed by atoms with van der Waals surface area (Å²) in [5.74, 6) is 0. The Morgan fingerprint density at radius 3 is 2.09 bits per heavy atom. The first kappa shape index (κ1) is 9.01. The van der Waals surface area contributed by atoms with E-state index in [0.29, 0.717) is 0 Å². The van der Waals surface area contributed by atoms with Crippen molar-refractivity contribution in [3.63, 3.8) is 0 Å². The second kappa shape index (κ2) is 4.07. The average Bonchev–Trinajstić information content (AvgIpc) is 2.05. The molecule has 0 radical (unpaired) electrons. The summed E-state index contributed by atoms with van der Waals surface area (Å²) in [7, 11) is 0. The molecular weight excluding hydrogens is 268 g/mol.